The van der Waals surface area contributed by atoms with Gasteiger partial charge in [0, 0.05) is 6.20 Å². The Morgan fingerprint density at radius 2 is 2.67 bits per heavy atom. The minimum atomic E-state index is -0.526. The Hall–Kier alpha value is -0.840. The molecular formula is C4H7N3OS. The number of carbonyl (C=O) groups excluding carboxylic acids is 1. The molecule has 0 saturated carbocycles. The SMILES string of the molecule is NC(=O)NN1C=CSC1. The number of nitrogens with two attached hydrogens (primary N) is 1. The minimum Gasteiger partial charge on any atom is -0.350 e. The number of nitrogens with one attached hydrogen (secondary N) is 1. The number of nitrogens with zero attached hydrogens (tertiary/aromatic N) is 1. The molecule has 0 unspecified atom stereocenters. The summed E-state index contributed by atoms with van der Waals surface area (Å²) in [6.07, 6.45) is 1.76. The molecule has 0 fully saturated rings. The summed E-state index contributed by atoms with van der Waals surface area (Å²) < 4.78 is 0. The Labute approximate surface area is 57.0 Å². The predicted octanol–water partition coefficient (Wildman–Crippen LogP) is 0.0472. The smallest absolute Gasteiger partial charge is 0.330 e. The van der Waals surface area contributed by atoms with Crippen LogP contribution < -0.4 is 11.2 Å². The Bertz CT molecular complexity index is 147. The molecule has 0 aliphatic carbocycles. The number of hydrogen-bond donors (Lipinski definition) is 2. The molecule has 0 aromatic carbocycles. The lowest BCUT2D eigenvalue weighted by molar-refractivity contribution is 0.226. The number of carbonyl (C=O) groups is 1. The van der Waals surface area contributed by atoms with Crippen molar-refractivity contribution in [3.63, 3.8) is 0 Å². The number of hydrazine groups is 1. The third-order valence-electron chi connectivity index (χ3n) is 0.804. The zero-order valence-electron chi connectivity index (χ0n) is 4.70. The second kappa shape index (κ2) is 2.63. The van der Waals surface area contributed by atoms with Gasteiger partial charge in [-0.3, -0.25) is 5.01 Å². The molecule has 1 rings (SSSR count). The van der Waals surface area contributed by atoms with E-state index in [2.05, 4.69) is 5.43 Å². The normalized spacial score (nSPS) is 16.2. The van der Waals surface area contributed by atoms with E-state index in [0.29, 0.717) is 0 Å². The molecule has 0 spiro atoms. The van der Waals surface area contributed by atoms with Crippen molar-refractivity contribution in [1.82, 2.24) is 10.4 Å². The van der Waals surface area contributed by atoms with Crippen molar-refractivity contribution in [1.29, 1.82) is 0 Å². The van der Waals surface area contributed by atoms with E-state index in [1.54, 1.807) is 23.0 Å². The number of thioether (sulfide) groups is 1. The van der Waals surface area contributed by atoms with Crippen LogP contribution in [0.25, 0.3) is 0 Å². The Morgan fingerprint density at radius 3 is 3.11 bits per heavy atom. The standard InChI is InChI=1S/C4H7N3OS/c5-4(8)6-7-1-2-9-3-7/h1-2H,3H2,(H3,5,6,8). The lowest BCUT2D eigenvalue weighted by atomic mass is 10.9. The van der Waals surface area contributed by atoms with Crippen LogP contribution >= 0.6 is 11.8 Å². The maximum Gasteiger partial charge on any atom is 0.330 e. The summed E-state index contributed by atoms with van der Waals surface area (Å²) in [5, 5.41) is 3.50. The van der Waals surface area contributed by atoms with E-state index >= 15 is 0 Å². The summed E-state index contributed by atoms with van der Waals surface area (Å²) in [7, 11) is 0. The van der Waals surface area contributed by atoms with E-state index in [1.165, 1.54) is 0 Å². The summed E-state index contributed by atoms with van der Waals surface area (Å²) in [6, 6.07) is -0.526. The molecule has 0 aromatic heterocycles. The molecule has 3 N–H and O–H groups in total. The highest BCUT2D eigenvalue weighted by Gasteiger charge is 2.03. The van der Waals surface area contributed by atoms with Crippen LogP contribution in [0.15, 0.2) is 11.6 Å². The van der Waals surface area contributed by atoms with Gasteiger partial charge in [0.2, 0.25) is 0 Å². The Morgan fingerprint density at radius 1 is 1.89 bits per heavy atom. The average Bonchev–Trinajstić information content (AvgIpc) is 2.15. The molecule has 9 heavy (non-hydrogen) atoms. The van der Waals surface area contributed by atoms with Gasteiger partial charge in [-0.1, -0.05) is 0 Å². The van der Waals surface area contributed by atoms with Crippen molar-refractivity contribution >= 4 is 17.8 Å². The molecule has 2 amide bonds. The van der Waals surface area contributed by atoms with Crippen molar-refractivity contribution in [2.24, 2.45) is 5.73 Å². The van der Waals surface area contributed by atoms with Gasteiger partial charge in [-0.25, -0.2) is 10.2 Å². The number of urea groups is 1. The maximum absolute atomic E-state index is 10.2. The van der Waals surface area contributed by atoms with E-state index in [1.807, 2.05) is 5.41 Å². The van der Waals surface area contributed by atoms with Gasteiger partial charge in [0.1, 0.15) is 0 Å². The number of rotatable bonds is 1. The Kier molecular flexibility index (Phi) is 1.84. The third-order valence-corrected chi connectivity index (χ3v) is 1.55. The summed E-state index contributed by atoms with van der Waals surface area (Å²) in [4.78, 5) is 10.2. The monoisotopic (exact) mass is 145 g/mol. The van der Waals surface area contributed by atoms with Gasteiger partial charge in [0.15, 0.2) is 0 Å². The van der Waals surface area contributed by atoms with Crippen LogP contribution in [-0.2, 0) is 0 Å². The average molecular weight is 145 g/mol. The molecule has 0 atom stereocenters. The van der Waals surface area contributed by atoms with Gasteiger partial charge in [-0.15, -0.1) is 11.8 Å². The van der Waals surface area contributed by atoms with Gasteiger partial charge in [0.05, 0.1) is 5.88 Å². The van der Waals surface area contributed by atoms with Crippen LogP contribution in [0.1, 0.15) is 0 Å². The van der Waals surface area contributed by atoms with Crippen LogP contribution in [0.3, 0.4) is 0 Å². The molecule has 0 saturated heterocycles. The molecule has 5 heteroatoms. The van der Waals surface area contributed by atoms with Crippen LogP contribution in [0.5, 0.6) is 0 Å². The number of hydrogen-bond acceptors (Lipinski definition) is 3. The lowest BCUT2D eigenvalue weighted by Gasteiger charge is -2.12. The van der Waals surface area contributed by atoms with E-state index in [0.717, 1.165) is 5.88 Å². The molecule has 1 aliphatic heterocycles. The summed E-state index contributed by atoms with van der Waals surface area (Å²) >= 11 is 1.60. The molecule has 0 radical (unpaired) electrons. The summed E-state index contributed by atoms with van der Waals surface area (Å²) in [5.41, 5.74) is 7.24. The van der Waals surface area contributed by atoms with Crippen molar-refractivity contribution in [3.8, 4) is 0 Å². The van der Waals surface area contributed by atoms with Crippen molar-refractivity contribution in [3.05, 3.63) is 11.6 Å². The molecule has 0 bridgehead atoms. The van der Waals surface area contributed by atoms with Gasteiger partial charge in [-0.05, 0) is 5.41 Å². The zero-order valence-corrected chi connectivity index (χ0v) is 5.52. The van der Waals surface area contributed by atoms with Crippen LogP contribution in [-0.4, -0.2) is 16.9 Å². The molecule has 1 aliphatic rings. The highest BCUT2D eigenvalue weighted by atomic mass is 32.2. The Balaban J connectivity index is 2.28. The number of primary amides is 1. The minimum absolute atomic E-state index is 0.526. The first-order valence-corrected chi connectivity index (χ1v) is 3.45. The largest absolute Gasteiger partial charge is 0.350 e. The van der Waals surface area contributed by atoms with Gasteiger partial charge in [-0.2, -0.15) is 0 Å². The fraction of sp³-hybridized carbons (Fsp3) is 0.250. The van der Waals surface area contributed by atoms with Crippen molar-refractivity contribution in [2.45, 2.75) is 0 Å². The zero-order chi connectivity index (χ0) is 6.69. The van der Waals surface area contributed by atoms with Gasteiger partial charge in [0.25, 0.3) is 0 Å². The van der Waals surface area contributed by atoms with Gasteiger partial charge < -0.3 is 5.73 Å². The highest BCUT2D eigenvalue weighted by Crippen LogP contribution is 2.11. The first-order valence-electron chi connectivity index (χ1n) is 2.40. The molecule has 50 valence electrons. The first kappa shape index (κ1) is 6.28. The van der Waals surface area contributed by atoms with E-state index in [9.17, 15) is 4.79 Å². The predicted molar refractivity (Wildman–Crippen MR) is 36.2 cm³/mol. The van der Waals surface area contributed by atoms with Gasteiger partial charge >= 0.3 is 6.03 Å². The summed E-state index contributed by atoms with van der Waals surface area (Å²) in [5.74, 6) is 0.739. The number of amides is 2. The van der Waals surface area contributed by atoms with E-state index in [4.69, 9.17) is 5.73 Å². The quantitative estimate of drug-likeness (QED) is 0.548. The van der Waals surface area contributed by atoms with E-state index in [-0.39, 0.29) is 0 Å². The van der Waals surface area contributed by atoms with Crippen molar-refractivity contribution in [2.75, 3.05) is 5.88 Å². The summed E-state index contributed by atoms with van der Waals surface area (Å²) in [6.45, 7) is 0. The van der Waals surface area contributed by atoms with Crippen LogP contribution in [0.4, 0.5) is 4.79 Å². The third kappa shape index (κ3) is 1.85. The fourth-order valence-corrected chi connectivity index (χ4v) is 1.12. The molecule has 1 heterocycles. The molecular weight excluding hydrogens is 138 g/mol. The second-order valence-electron chi connectivity index (χ2n) is 1.53. The molecule has 4 nitrogen and oxygen atoms in total. The first-order chi connectivity index (χ1) is 4.29. The molecule has 0 aromatic rings. The van der Waals surface area contributed by atoms with Crippen LogP contribution in [0, 0.1) is 0 Å². The van der Waals surface area contributed by atoms with E-state index < -0.39 is 6.03 Å². The topological polar surface area (TPSA) is 58.4 Å². The van der Waals surface area contributed by atoms with Crippen LogP contribution in [0.2, 0.25) is 0 Å². The maximum atomic E-state index is 10.2. The van der Waals surface area contributed by atoms with Crippen molar-refractivity contribution < 1.29 is 4.79 Å². The highest BCUT2D eigenvalue weighted by molar-refractivity contribution is 8.02. The second-order valence-corrected chi connectivity index (χ2v) is 2.39. The fourth-order valence-electron chi connectivity index (χ4n) is 0.494. The lowest BCUT2D eigenvalue weighted by Crippen LogP contribution is -2.40.